The third kappa shape index (κ3) is 3.85. The Hall–Kier alpha value is -3.37. The summed E-state index contributed by atoms with van der Waals surface area (Å²) in [6.07, 6.45) is 2.81. The standard InChI is InChI=1S/C23H24N6O3S/c1-2-29-19-12-11-17(33(31,32)28-13-7-4-8-14-28)15-18(19)20-21(29)24-23(27-26-20)25-22(30)16-9-5-3-6-10-16/h3,5-6,9-12,15H,2,4,7-8,13-14H2,1H3,(H,24,25,27,30). The fraction of sp³-hybridized carbons (Fsp3) is 0.304. The Labute approximate surface area is 191 Å². The minimum absolute atomic E-state index is 0.0926. The average Bonchev–Trinajstić information content (AvgIpc) is 3.17. The summed E-state index contributed by atoms with van der Waals surface area (Å²) in [5.41, 5.74) is 2.35. The molecular weight excluding hydrogens is 440 g/mol. The Kier molecular flexibility index (Phi) is 5.55. The van der Waals surface area contributed by atoms with Gasteiger partial charge in [0.1, 0.15) is 5.52 Å². The highest BCUT2D eigenvalue weighted by molar-refractivity contribution is 7.89. The number of rotatable bonds is 5. The fourth-order valence-electron chi connectivity index (χ4n) is 4.29. The van der Waals surface area contributed by atoms with Gasteiger partial charge in [-0.15, -0.1) is 10.2 Å². The lowest BCUT2D eigenvalue weighted by molar-refractivity contribution is 0.102. The van der Waals surface area contributed by atoms with Gasteiger partial charge in [-0.1, -0.05) is 24.6 Å². The Morgan fingerprint density at radius 3 is 2.52 bits per heavy atom. The van der Waals surface area contributed by atoms with Crippen molar-refractivity contribution in [1.29, 1.82) is 0 Å². The van der Waals surface area contributed by atoms with E-state index in [2.05, 4.69) is 20.5 Å². The summed E-state index contributed by atoms with van der Waals surface area (Å²) in [5.74, 6) is -0.235. The van der Waals surface area contributed by atoms with Crippen LogP contribution in [0.15, 0.2) is 53.4 Å². The monoisotopic (exact) mass is 464 g/mol. The molecule has 170 valence electrons. The van der Waals surface area contributed by atoms with Crippen LogP contribution in [0.1, 0.15) is 36.5 Å². The predicted molar refractivity (Wildman–Crippen MR) is 126 cm³/mol. The molecule has 33 heavy (non-hydrogen) atoms. The number of sulfonamides is 1. The molecule has 1 saturated heterocycles. The highest BCUT2D eigenvalue weighted by Gasteiger charge is 2.27. The summed E-state index contributed by atoms with van der Waals surface area (Å²) in [4.78, 5) is 17.3. The largest absolute Gasteiger partial charge is 0.324 e. The SMILES string of the molecule is CCn1c2ccc(S(=O)(=O)N3CCCCC3)cc2c2nnc(NC(=O)c3ccccc3)nc21. The maximum atomic E-state index is 13.2. The van der Waals surface area contributed by atoms with Crippen LogP contribution in [-0.2, 0) is 16.6 Å². The van der Waals surface area contributed by atoms with E-state index in [4.69, 9.17) is 0 Å². The number of piperidine rings is 1. The van der Waals surface area contributed by atoms with E-state index in [1.54, 1.807) is 46.8 Å². The van der Waals surface area contributed by atoms with Crippen molar-refractivity contribution in [1.82, 2.24) is 24.1 Å². The Morgan fingerprint density at radius 1 is 1.03 bits per heavy atom. The molecule has 0 bridgehead atoms. The fourth-order valence-corrected chi connectivity index (χ4v) is 5.83. The van der Waals surface area contributed by atoms with Crippen LogP contribution in [0.4, 0.5) is 5.95 Å². The molecule has 0 unspecified atom stereocenters. The van der Waals surface area contributed by atoms with Crippen LogP contribution < -0.4 is 5.32 Å². The molecule has 0 aliphatic carbocycles. The van der Waals surface area contributed by atoms with Crippen LogP contribution in [-0.4, -0.2) is 51.5 Å². The number of aryl methyl sites for hydroxylation is 1. The topological polar surface area (TPSA) is 110 Å². The van der Waals surface area contributed by atoms with E-state index in [0.29, 0.717) is 41.7 Å². The molecule has 5 rings (SSSR count). The molecule has 0 spiro atoms. The summed E-state index contributed by atoms with van der Waals surface area (Å²) >= 11 is 0. The Balaban J connectivity index is 1.56. The van der Waals surface area contributed by atoms with E-state index in [-0.39, 0.29) is 16.8 Å². The lowest BCUT2D eigenvalue weighted by Crippen LogP contribution is -2.35. The number of hydrogen-bond acceptors (Lipinski definition) is 6. The second kappa shape index (κ2) is 8.53. The smallest absolute Gasteiger partial charge is 0.258 e. The van der Waals surface area contributed by atoms with Gasteiger partial charge < -0.3 is 4.57 Å². The lowest BCUT2D eigenvalue weighted by atomic mass is 10.2. The predicted octanol–water partition coefficient (Wildman–Crippen LogP) is 3.43. The minimum atomic E-state index is -3.58. The summed E-state index contributed by atoms with van der Waals surface area (Å²) in [5, 5.41) is 11.7. The van der Waals surface area contributed by atoms with Gasteiger partial charge >= 0.3 is 0 Å². The number of amides is 1. The summed E-state index contributed by atoms with van der Waals surface area (Å²) in [6, 6.07) is 13.9. The highest BCUT2D eigenvalue weighted by atomic mass is 32.2. The van der Waals surface area contributed by atoms with Crippen LogP contribution >= 0.6 is 0 Å². The summed E-state index contributed by atoms with van der Waals surface area (Å²) in [6.45, 7) is 3.66. The first-order valence-corrected chi connectivity index (χ1v) is 12.5. The number of fused-ring (bicyclic) bond motifs is 3. The van der Waals surface area contributed by atoms with E-state index in [0.717, 1.165) is 24.8 Å². The van der Waals surface area contributed by atoms with Gasteiger partial charge in [0.05, 0.1) is 10.4 Å². The summed E-state index contributed by atoms with van der Waals surface area (Å²) < 4.78 is 29.8. The van der Waals surface area contributed by atoms with E-state index < -0.39 is 10.0 Å². The van der Waals surface area contributed by atoms with Crippen molar-refractivity contribution in [3.63, 3.8) is 0 Å². The molecule has 1 aliphatic rings. The molecule has 1 amide bonds. The molecule has 0 radical (unpaired) electrons. The quantitative estimate of drug-likeness (QED) is 0.485. The third-order valence-corrected chi connectivity index (χ3v) is 7.86. The normalized spacial score (nSPS) is 15.2. The summed E-state index contributed by atoms with van der Waals surface area (Å²) in [7, 11) is -3.58. The molecule has 2 aromatic carbocycles. The number of anilines is 1. The number of nitrogens with one attached hydrogen (secondary N) is 1. The van der Waals surface area contributed by atoms with Crippen molar-refractivity contribution in [2.24, 2.45) is 0 Å². The molecule has 9 nitrogen and oxygen atoms in total. The number of benzene rings is 2. The van der Waals surface area contributed by atoms with Gasteiger partial charge in [0.15, 0.2) is 5.65 Å². The first-order valence-electron chi connectivity index (χ1n) is 11.0. The second-order valence-corrected chi connectivity index (χ2v) is 9.95. The highest BCUT2D eigenvalue weighted by Crippen LogP contribution is 2.30. The minimum Gasteiger partial charge on any atom is -0.324 e. The van der Waals surface area contributed by atoms with Gasteiger partial charge in [0.2, 0.25) is 10.0 Å². The molecular formula is C23H24N6O3S. The zero-order valence-electron chi connectivity index (χ0n) is 18.2. The van der Waals surface area contributed by atoms with Gasteiger partial charge in [0.25, 0.3) is 11.9 Å². The van der Waals surface area contributed by atoms with E-state index in [9.17, 15) is 13.2 Å². The number of carbonyl (C=O) groups is 1. The van der Waals surface area contributed by atoms with Crippen LogP contribution in [0.25, 0.3) is 22.1 Å². The maximum Gasteiger partial charge on any atom is 0.258 e. The number of carbonyl (C=O) groups excluding carboxylic acids is 1. The van der Waals surface area contributed by atoms with Gasteiger partial charge in [-0.05, 0) is 50.1 Å². The van der Waals surface area contributed by atoms with Gasteiger partial charge in [-0.25, -0.2) is 8.42 Å². The first kappa shape index (κ1) is 21.5. The van der Waals surface area contributed by atoms with Crippen molar-refractivity contribution in [3.05, 3.63) is 54.1 Å². The molecule has 1 aliphatic heterocycles. The van der Waals surface area contributed by atoms with Crippen LogP contribution in [0.5, 0.6) is 0 Å². The first-order chi connectivity index (χ1) is 16.0. The number of nitrogens with zero attached hydrogens (tertiary/aromatic N) is 5. The number of aromatic nitrogens is 4. The Morgan fingerprint density at radius 2 is 1.79 bits per heavy atom. The zero-order chi connectivity index (χ0) is 23.0. The molecule has 0 saturated carbocycles. The molecule has 1 fully saturated rings. The third-order valence-electron chi connectivity index (χ3n) is 5.97. The second-order valence-electron chi connectivity index (χ2n) is 8.02. The maximum absolute atomic E-state index is 13.2. The van der Waals surface area contributed by atoms with Crippen molar-refractivity contribution in [2.75, 3.05) is 18.4 Å². The van der Waals surface area contributed by atoms with E-state index >= 15 is 0 Å². The Bertz CT molecular complexity index is 1440. The van der Waals surface area contributed by atoms with Gasteiger partial charge in [-0.3, -0.25) is 10.1 Å². The molecule has 10 heteroatoms. The zero-order valence-corrected chi connectivity index (χ0v) is 19.0. The molecule has 1 N–H and O–H groups in total. The van der Waals surface area contributed by atoms with E-state index in [1.807, 2.05) is 17.6 Å². The van der Waals surface area contributed by atoms with Crippen LogP contribution in [0.2, 0.25) is 0 Å². The number of hydrogen-bond donors (Lipinski definition) is 1. The van der Waals surface area contributed by atoms with Gasteiger partial charge in [-0.2, -0.15) is 9.29 Å². The average molecular weight is 465 g/mol. The van der Waals surface area contributed by atoms with Crippen molar-refractivity contribution < 1.29 is 13.2 Å². The molecule has 2 aromatic heterocycles. The van der Waals surface area contributed by atoms with Crippen molar-refractivity contribution >= 4 is 43.9 Å². The van der Waals surface area contributed by atoms with Crippen LogP contribution in [0.3, 0.4) is 0 Å². The lowest BCUT2D eigenvalue weighted by Gasteiger charge is -2.25. The van der Waals surface area contributed by atoms with Crippen molar-refractivity contribution in [2.45, 2.75) is 37.6 Å². The van der Waals surface area contributed by atoms with Crippen molar-refractivity contribution in [3.8, 4) is 0 Å². The molecule has 4 aromatic rings. The molecule has 3 heterocycles. The molecule has 0 atom stereocenters. The van der Waals surface area contributed by atoms with E-state index in [1.165, 1.54) is 0 Å². The van der Waals surface area contributed by atoms with Crippen LogP contribution in [0, 0.1) is 0 Å². The van der Waals surface area contributed by atoms with Gasteiger partial charge in [0, 0.05) is 30.6 Å².